The van der Waals surface area contributed by atoms with Gasteiger partial charge in [-0.3, -0.25) is 4.57 Å². The Labute approximate surface area is 49.0 Å². The Bertz CT molecular complexity index is 140. The molecule has 0 bridgehead atoms. The van der Waals surface area contributed by atoms with E-state index in [9.17, 15) is 22.6 Å². The Morgan fingerprint density at radius 1 is 1.56 bits per heavy atom. The van der Waals surface area contributed by atoms with Gasteiger partial charge in [0.25, 0.3) is 0 Å². The predicted octanol–water partition coefficient (Wildman–Crippen LogP) is 0.706. The van der Waals surface area contributed by atoms with E-state index >= 15 is 0 Å². The molecule has 0 heterocycles. The molecule has 0 radical (unpaired) electrons. The van der Waals surface area contributed by atoms with Crippen LogP contribution in [0.4, 0.5) is 13.2 Å². The third-order valence-electron chi connectivity index (χ3n) is 0.551. The summed E-state index contributed by atoms with van der Waals surface area (Å²) in [5.74, 6) is -5.28. The lowest BCUT2D eigenvalue weighted by Gasteiger charge is -2.22. The molecule has 0 amide bonds. The number of alkyl halides is 3. The van der Waals surface area contributed by atoms with Crippen molar-refractivity contribution in [3.05, 3.63) is 0 Å². The highest BCUT2D eigenvalue weighted by Gasteiger charge is 2.42. The van der Waals surface area contributed by atoms with E-state index in [1.807, 2.05) is 0 Å². The van der Waals surface area contributed by atoms with E-state index in [1.165, 1.54) is 0 Å². The Balaban J connectivity index is 4.35. The van der Waals surface area contributed by atoms with Gasteiger partial charge >= 0.3 is 5.92 Å². The highest BCUT2D eigenvalue weighted by Crippen LogP contribution is 2.53. The second kappa shape index (κ2) is 2.28. The van der Waals surface area contributed by atoms with Crippen LogP contribution in [-0.2, 0) is 9.09 Å². The zero-order chi connectivity index (χ0) is 7.71. The summed E-state index contributed by atoms with van der Waals surface area (Å²) in [7, 11) is -5.15. The fraction of sp³-hybridized carbons (Fsp3) is 1.00. The average molecular weight is 163 g/mol. The van der Waals surface area contributed by atoms with Gasteiger partial charge < -0.3 is 9.42 Å². The third kappa shape index (κ3) is 1.97. The first kappa shape index (κ1) is 8.94. The Morgan fingerprint density at radius 3 is 1.89 bits per heavy atom. The molecule has 7 heteroatoms. The van der Waals surface area contributed by atoms with Crippen LogP contribution < -0.4 is 4.89 Å². The molecule has 0 fully saturated rings. The van der Waals surface area contributed by atoms with Crippen LogP contribution in [0.1, 0.15) is 0 Å². The van der Waals surface area contributed by atoms with Crippen molar-refractivity contribution in [2.45, 2.75) is 5.92 Å². The first-order valence-corrected chi connectivity index (χ1v) is 3.29. The molecular formula is C2H3F3O3P-. The summed E-state index contributed by atoms with van der Waals surface area (Å²) >= 11 is 0. The van der Waals surface area contributed by atoms with E-state index in [-0.39, 0.29) is 0 Å². The smallest absolute Gasteiger partial charge is 0.451 e. The van der Waals surface area contributed by atoms with Gasteiger partial charge in [-0.15, -0.1) is 0 Å². The van der Waals surface area contributed by atoms with Crippen molar-refractivity contribution in [1.82, 2.24) is 0 Å². The van der Waals surface area contributed by atoms with Crippen LogP contribution in [0, 0.1) is 0 Å². The van der Waals surface area contributed by atoms with Gasteiger partial charge in [0.15, 0.2) is 0 Å². The molecule has 1 unspecified atom stereocenters. The number of hydrogen-bond donors (Lipinski definition) is 0. The molecule has 1 atom stereocenters. The lowest BCUT2D eigenvalue weighted by Crippen LogP contribution is -2.19. The van der Waals surface area contributed by atoms with Gasteiger partial charge in [0.2, 0.25) is 7.60 Å². The SMILES string of the molecule is COP(=O)([O-])C(F)(F)F. The lowest BCUT2D eigenvalue weighted by molar-refractivity contribution is -0.236. The highest BCUT2D eigenvalue weighted by molar-refractivity contribution is 7.52. The van der Waals surface area contributed by atoms with Gasteiger partial charge in [0, 0.05) is 7.11 Å². The largest absolute Gasteiger partial charge is 0.772 e. The molecule has 0 aromatic rings. The molecule has 0 aromatic carbocycles. The van der Waals surface area contributed by atoms with Crippen LogP contribution >= 0.6 is 7.60 Å². The second-order valence-electron chi connectivity index (χ2n) is 1.15. The van der Waals surface area contributed by atoms with Gasteiger partial charge in [-0.1, -0.05) is 0 Å². The Hall–Kier alpha value is -0.0600. The van der Waals surface area contributed by atoms with Crippen LogP contribution in [0.15, 0.2) is 0 Å². The first-order chi connectivity index (χ1) is 3.81. The van der Waals surface area contributed by atoms with Crippen molar-refractivity contribution in [2.75, 3.05) is 7.11 Å². The number of rotatable bonds is 1. The van der Waals surface area contributed by atoms with Crippen molar-refractivity contribution in [3.63, 3.8) is 0 Å². The quantitative estimate of drug-likeness (QED) is 0.534. The molecule has 3 nitrogen and oxygen atoms in total. The molecule has 0 aliphatic carbocycles. The van der Waals surface area contributed by atoms with Gasteiger partial charge in [-0.25, -0.2) is 0 Å². The summed E-state index contributed by atoms with van der Waals surface area (Å²) in [4.78, 5) is 9.70. The lowest BCUT2D eigenvalue weighted by atomic mass is 11.6. The number of hydrogen-bond acceptors (Lipinski definition) is 3. The standard InChI is InChI=1S/C2H4F3O3P/c1-8-9(6,7)2(3,4)5/h1H3,(H,6,7)/p-1. The maximum Gasteiger partial charge on any atom is 0.451 e. The summed E-state index contributed by atoms with van der Waals surface area (Å²) < 4.78 is 46.3. The normalized spacial score (nSPS) is 19.2. The van der Waals surface area contributed by atoms with E-state index in [0.717, 1.165) is 0 Å². The monoisotopic (exact) mass is 163 g/mol. The van der Waals surface area contributed by atoms with Gasteiger partial charge in [-0.05, 0) is 0 Å². The molecule has 0 aliphatic heterocycles. The van der Waals surface area contributed by atoms with E-state index < -0.39 is 13.5 Å². The molecule has 0 rings (SSSR count). The van der Waals surface area contributed by atoms with E-state index in [4.69, 9.17) is 0 Å². The van der Waals surface area contributed by atoms with E-state index in [1.54, 1.807) is 0 Å². The topological polar surface area (TPSA) is 49.4 Å². The molecule has 0 aliphatic rings. The van der Waals surface area contributed by atoms with Crippen molar-refractivity contribution in [3.8, 4) is 0 Å². The fourth-order valence-corrected chi connectivity index (χ4v) is 0.311. The van der Waals surface area contributed by atoms with Crippen LogP contribution in [0.3, 0.4) is 0 Å². The minimum absolute atomic E-state index is 0.460. The van der Waals surface area contributed by atoms with E-state index in [2.05, 4.69) is 4.52 Å². The summed E-state index contributed by atoms with van der Waals surface area (Å²) in [6.45, 7) is 0. The first-order valence-electron chi connectivity index (χ1n) is 1.75. The highest BCUT2D eigenvalue weighted by atomic mass is 31.2. The van der Waals surface area contributed by atoms with Crippen molar-refractivity contribution < 1.29 is 27.2 Å². The molecule has 0 aromatic heterocycles. The van der Waals surface area contributed by atoms with Crippen LogP contribution in [0.25, 0.3) is 0 Å². The molecule has 0 spiro atoms. The molecular weight excluding hydrogens is 160 g/mol. The van der Waals surface area contributed by atoms with Crippen molar-refractivity contribution in [2.24, 2.45) is 0 Å². The Morgan fingerprint density at radius 2 is 1.89 bits per heavy atom. The third-order valence-corrected chi connectivity index (χ3v) is 1.65. The zero-order valence-electron chi connectivity index (χ0n) is 4.31. The number of halogens is 3. The molecule has 0 saturated carbocycles. The average Bonchev–Trinajstić information content (AvgIpc) is 1.64. The van der Waals surface area contributed by atoms with Crippen LogP contribution in [0.5, 0.6) is 0 Å². The summed E-state index contributed by atoms with van der Waals surface area (Å²) in [6, 6.07) is 0. The van der Waals surface area contributed by atoms with Crippen LogP contribution in [0.2, 0.25) is 0 Å². The van der Waals surface area contributed by atoms with Crippen molar-refractivity contribution >= 4 is 7.60 Å². The summed E-state index contributed by atoms with van der Waals surface area (Å²) in [5.41, 5.74) is 0. The van der Waals surface area contributed by atoms with E-state index in [0.29, 0.717) is 7.11 Å². The maximum atomic E-state index is 11.1. The second-order valence-corrected chi connectivity index (χ2v) is 3.02. The molecule has 9 heavy (non-hydrogen) atoms. The predicted molar refractivity (Wildman–Crippen MR) is 20.7 cm³/mol. The van der Waals surface area contributed by atoms with Gasteiger partial charge in [-0.2, -0.15) is 13.2 Å². The maximum absolute atomic E-state index is 11.1. The fourth-order valence-electron chi connectivity index (χ4n) is 0.104. The van der Waals surface area contributed by atoms with Gasteiger partial charge in [0.05, 0.1) is 0 Å². The van der Waals surface area contributed by atoms with Gasteiger partial charge in [0.1, 0.15) is 0 Å². The van der Waals surface area contributed by atoms with Crippen molar-refractivity contribution in [1.29, 1.82) is 0 Å². The summed E-state index contributed by atoms with van der Waals surface area (Å²) in [6.07, 6.45) is 0. The molecule has 0 saturated heterocycles. The zero-order valence-corrected chi connectivity index (χ0v) is 5.20. The Kier molecular flexibility index (Phi) is 2.27. The molecule has 56 valence electrons. The minimum atomic E-state index is -5.61. The van der Waals surface area contributed by atoms with Crippen LogP contribution in [-0.4, -0.2) is 13.0 Å². The summed E-state index contributed by atoms with van der Waals surface area (Å²) in [5, 5.41) is 0. The molecule has 0 N–H and O–H groups in total. The minimum Gasteiger partial charge on any atom is -0.772 e.